The smallest absolute Gasteiger partial charge is 0.0577 e. The molecule has 1 unspecified atom stereocenters. The molecule has 0 saturated heterocycles. The van der Waals surface area contributed by atoms with Crippen molar-refractivity contribution in [3.05, 3.63) is 58.7 Å². The first-order valence-corrected chi connectivity index (χ1v) is 8.31. The van der Waals surface area contributed by atoms with Crippen LogP contribution in [0.5, 0.6) is 0 Å². The van der Waals surface area contributed by atoms with Crippen LogP contribution in [0.4, 0.5) is 5.69 Å². The van der Waals surface area contributed by atoms with E-state index < -0.39 is 10.8 Å². The van der Waals surface area contributed by atoms with Gasteiger partial charge in [-0.25, -0.2) is 0 Å². The molecular weight excluding hydrogens is 266 g/mol. The van der Waals surface area contributed by atoms with Crippen LogP contribution in [0.2, 0.25) is 0 Å². The Kier molecular flexibility index (Phi) is 3.62. The molecule has 104 valence electrons. The number of rotatable bonds is 3. The second-order valence-corrected chi connectivity index (χ2v) is 6.84. The third-order valence-corrected chi connectivity index (χ3v) is 5.56. The minimum atomic E-state index is -1.03. The van der Waals surface area contributed by atoms with Crippen molar-refractivity contribution in [2.75, 3.05) is 5.73 Å². The van der Waals surface area contributed by atoms with Crippen LogP contribution in [0.3, 0.4) is 0 Å². The molecule has 0 radical (unpaired) electrons. The summed E-state index contributed by atoms with van der Waals surface area (Å²) in [5, 5.41) is 0. The average Bonchev–Trinajstić information content (AvgIpc) is 2.89. The van der Waals surface area contributed by atoms with Gasteiger partial charge < -0.3 is 5.73 Å². The molecule has 2 N–H and O–H groups in total. The maximum atomic E-state index is 12.5. The van der Waals surface area contributed by atoms with Crippen LogP contribution < -0.4 is 5.73 Å². The normalized spacial score (nSPS) is 15.1. The Balaban J connectivity index is 1.84. The topological polar surface area (TPSA) is 43.1 Å². The Labute approximate surface area is 122 Å². The quantitative estimate of drug-likeness (QED) is 0.879. The summed E-state index contributed by atoms with van der Waals surface area (Å²) in [6.45, 7) is 1.94. The van der Waals surface area contributed by atoms with Crippen LogP contribution in [0.15, 0.2) is 41.3 Å². The Hall–Kier alpha value is -1.61. The van der Waals surface area contributed by atoms with E-state index in [1.54, 1.807) is 0 Å². The second kappa shape index (κ2) is 5.41. The standard InChI is InChI=1S/C17H19NOS/c1-12-16(18)6-3-7-17(12)20(19)11-13-8-9-14-4-2-5-15(14)10-13/h3,6-10H,2,4-5,11,18H2,1H3. The molecule has 1 aliphatic rings. The van der Waals surface area contributed by atoms with Crippen molar-refractivity contribution in [3.63, 3.8) is 0 Å². The third-order valence-electron chi connectivity index (χ3n) is 4.03. The van der Waals surface area contributed by atoms with E-state index in [0.29, 0.717) is 11.4 Å². The third kappa shape index (κ3) is 2.50. The van der Waals surface area contributed by atoms with Crippen molar-refractivity contribution < 1.29 is 4.21 Å². The lowest BCUT2D eigenvalue weighted by Crippen LogP contribution is -2.02. The highest BCUT2D eigenvalue weighted by molar-refractivity contribution is 7.84. The van der Waals surface area contributed by atoms with E-state index in [-0.39, 0.29) is 0 Å². The van der Waals surface area contributed by atoms with Gasteiger partial charge >= 0.3 is 0 Å². The zero-order valence-corrected chi connectivity index (χ0v) is 12.5. The SMILES string of the molecule is Cc1c(N)cccc1S(=O)Cc1ccc2c(c1)CCC2. The number of benzene rings is 2. The Morgan fingerprint density at radius 1 is 1.15 bits per heavy atom. The Morgan fingerprint density at radius 3 is 2.80 bits per heavy atom. The van der Waals surface area contributed by atoms with E-state index >= 15 is 0 Å². The zero-order valence-electron chi connectivity index (χ0n) is 11.7. The lowest BCUT2D eigenvalue weighted by molar-refractivity contribution is 0.682. The first-order valence-electron chi connectivity index (χ1n) is 6.99. The van der Waals surface area contributed by atoms with Gasteiger partial charge in [-0.2, -0.15) is 0 Å². The summed E-state index contributed by atoms with van der Waals surface area (Å²) >= 11 is 0. The van der Waals surface area contributed by atoms with Gasteiger partial charge in [-0.05, 0) is 60.6 Å². The summed E-state index contributed by atoms with van der Waals surface area (Å²) in [5.41, 5.74) is 11.6. The minimum Gasteiger partial charge on any atom is -0.398 e. The van der Waals surface area contributed by atoms with Gasteiger partial charge in [-0.15, -0.1) is 0 Å². The van der Waals surface area contributed by atoms with Crippen LogP contribution in [0.1, 0.15) is 28.7 Å². The van der Waals surface area contributed by atoms with Crippen LogP contribution in [0, 0.1) is 6.92 Å². The zero-order chi connectivity index (χ0) is 14.1. The fourth-order valence-electron chi connectivity index (χ4n) is 2.82. The molecule has 0 amide bonds. The average molecular weight is 285 g/mol. The first-order chi connectivity index (χ1) is 9.65. The maximum absolute atomic E-state index is 12.5. The molecule has 0 spiro atoms. The lowest BCUT2D eigenvalue weighted by atomic mass is 10.1. The number of hydrogen-bond donors (Lipinski definition) is 1. The number of hydrogen-bond acceptors (Lipinski definition) is 2. The summed E-state index contributed by atoms with van der Waals surface area (Å²) in [6.07, 6.45) is 3.59. The van der Waals surface area contributed by atoms with E-state index in [2.05, 4.69) is 18.2 Å². The van der Waals surface area contributed by atoms with Gasteiger partial charge in [-0.1, -0.05) is 24.3 Å². The largest absolute Gasteiger partial charge is 0.398 e. The molecule has 1 atom stereocenters. The molecule has 3 heteroatoms. The minimum absolute atomic E-state index is 0.567. The fraction of sp³-hybridized carbons (Fsp3) is 0.294. The number of nitrogen functional groups attached to an aromatic ring is 1. The Bertz CT molecular complexity index is 679. The highest BCUT2D eigenvalue weighted by Crippen LogP contribution is 2.25. The number of fused-ring (bicyclic) bond motifs is 1. The van der Waals surface area contributed by atoms with Crippen molar-refractivity contribution in [3.8, 4) is 0 Å². The van der Waals surface area contributed by atoms with Gasteiger partial charge in [0.15, 0.2) is 0 Å². The molecule has 3 rings (SSSR count). The van der Waals surface area contributed by atoms with Crippen molar-refractivity contribution >= 4 is 16.5 Å². The van der Waals surface area contributed by atoms with Crippen LogP contribution in [0.25, 0.3) is 0 Å². The second-order valence-electron chi connectivity index (χ2n) is 5.42. The predicted molar refractivity (Wildman–Crippen MR) is 84.2 cm³/mol. The maximum Gasteiger partial charge on any atom is 0.0577 e. The van der Waals surface area contributed by atoms with Gasteiger partial charge in [0.1, 0.15) is 0 Å². The Morgan fingerprint density at radius 2 is 1.95 bits per heavy atom. The summed E-state index contributed by atoms with van der Waals surface area (Å²) in [7, 11) is -1.03. The molecule has 0 bridgehead atoms. The highest BCUT2D eigenvalue weighted by Gasteiger charge is 2.13. The molecule has 1 aliphatic carbocycles. The van der Waals surface area contributed by atoms with E-state index in [4.69, 9.17) is 5.73 Å². The van der Waals surface area contributed by atoms with E-state index in [9.17, 15) is 4.21 Å². The van der Waals surface area contributed by atoms with Gasteiger partial charge in [0.2, 0.25) is 0 Å². The number of aryl methyl sites for hydroxylation is 2. The summed E-state index contributed by atoms with van der Waals surface area (Å²) in [6, 6.07) is 12.2. The summed E-state index contributed by atoms with van der Waals surface area (Å²) in [5.74, 6) is 0.567. The molecule has 2 aromatic carbocycles. The first kappa shape index (κ1) is 13.4. The predicted octanol–water partition coefficient (Wildman–Crippen LogP) is 3.37. The van der Waals surface area contributed by atoms with Crippen LogP contribution in [-0.4, -0.2) is 4.21 Å². The van der Waals surface area contributed by atoms with Gasteiger partial charge in [0.25, 0.3) is 0 Å². The molecule has 2 aromatic rings. The monoisotopic (exact) mass is 285 g/mol. The molecule has 0 fully saturated rings. The van der Waals surface area contributed by atoms with Crippen molar-refractivity contribution in [2.45, 2.75) is 36.8 Å². The molecule has 2 nitrogen and oxygen atoms in total. The van der Waals surface area contributed by atoms with Crippen molar-refractivity contribution in [2.24, 2.45) is 0 Å². The lowest BCUT2D eigenvalue weighted by Gasteiger charge is -2.09. The van der Waals surface area contributed by atoms with Gasteiger partial charge in [-0.3, -0.25) is 4.21 Å². The van der Waals surface area contributed by atoms with Gasteiger partial charge in [0.05, 0.1) is 16.6 Å². The van der Waals surface area contributed by atoms with E-state index in [0.717, 1.165) is 22.4 Å². The van der Waals surface area contributed by atoms with E-state index in [1.165, 1.54) is 24.0 Å². The number of anilines is 1. The summed E-state index contributed by atoms with van der Waals surface area (Å²) in [4.78, 5) is 0.852. The highest BCUT2D eigenvalue weighted by atomic mass is 32.2. The fourth-order valence-corrected chi connectivity index (χ4v) is 4.15. The number of nitrogens with two attached hydrogens (primary N) is 1. The summed E-state index contributed by atoms with van der Waals surface area (Å²) < 4.78 is 12.5. The van der Waals surface area contributed by atoms with Crippen LogP contribution >= 0.6 is 0 Å². The van der Waals surface area contributed by atoms with Crippen molar-refractivity contribution in [1.29, 1.82) is 0 Å². The van der Waals surface area contributed by atoms with Gasteiger partial charge in [0, 0.05) is 10.6 Å². The molecule has 0 heterocycles. The van der Waals surface area contributed by atoms with Crippen LogP contribution in [-0.2, 0) is 29.4 Å². The van der Waals surface area contributed by atoms with E-state index in [1.807, 2.05) is 25.1 Å². The molecule has 20 heavy (non-hydrogen) atoms. The molecule has 0 saturated carbocycles. The molecular formula is C17H19NOS. The van der Waals surface area contributed by atoms with Crippen molar-refractivity contribution in [1.82, 2.24) is 0 Å². The molecule has 0 aliphatic heterocycles. The molecule has 0 aromatic heterocycles.